The highest BCUT2D eigenvalue weighted by Crippen LogP contribution is 2.13. The summed E-state index contributed by atoms with van der Waals surface area (Å²) in [5.74, 6) is -0.658. The lowest BCUT2D eigenvalue weighted by Gasteiger charge is -2.20. The van der Waals surface area contributed by atoms with Gasteiger partial charge in [-0.05, 0) is 23.6 Å². The fourth-order valence-electron chi connectivity index (χ4n) is 1.64. The molecule has 2 N–H and O–H groups in total. The van der Waals surface area contributed by atoms with Gasteiger partial charge in [-0.1, -0.05) is 48.3 Å². The first-order chi connectivity index (χ1) is 8.04. The topological polar surface area (TPSA) is 49.3 Å². The first-order valence-electron chi connectivity index (χ1n) is 5.75. The second kappa shape index (κ2) is 6.77. The van der Waals surface area contributed by atoms with Crippen molar-refractivity contribution in [1.29, 1.82) is 0 Å². The van der Waals surface area contributed by atoms with Crippen LogP contribution in [-0.4, -0.2) is 17.1 Å². The monoisotopic (exact) mass is 299 g/mol. The van der Waals surface area contributed by atoms with Crippen LogP contribution in [0.1, 0.15) is 25.8 Å². The van der Waals surface area contributed by atoms with Crippen molar-refractivity contribution in [2.75, 3.05) is 0 Å². The molecule has 1 rings (SSSR count). The number of carboxylic acids is 1. The van der Waals surface area contributed by atoms with Crippen LogP contribution < -0.4 is 5.32 Å². The normalized spacial score (nSPS) is 14.3. The zero-order chi connectivity index (χ0) is 12.8. The van der Waals surface area contributed by atoms with Crippen molar-refractivity contribution in [2.24, 2.45) is 5.92 Å². The van der Waals surface area contributed by atoms with Crippen LogP contribution >= 0.6 is 15.9 Å². The number of benzene rings is 1. The Balaban J connectivity index is 2.61. The second-order valence-corrected chi connectivity index (χ2v) is 5.13. The van der Waals surface area contributed by atoms with E-state index < -0.39 is 12.0 Å². The lowest BCUT2D eigenvalue weighted by molar-refractivity contribution is -0.140. The smallest absolute Gasteiger partial charge is 0.320 e. The van der Waals surface area contributed by atoms with Gasteiger partial charge in [-0.25, -0.2) is 0 Å². The molecule has 0 aliphatic rings. The summed E-state index contributed by atoms with van der Waals surface area (Å²) < 4.78 is 1.01. The summed E-state index contributed by atoms with van der Waals surface area (Å²) in [7, 11) is 0. The van der Waals surface area contributed by atoms with Gasteiger partial charge in [0.25, 0.3) is 0 Å². The van der Waals surface area contributed by atoms with Crippen molar-refractivity contribution in [2.45, 2.75) is 32.9 Å². The standard InChI is InChI=1S/C13H18BrNO2/c1-3-9(2)12(13(16)17)15-8-10-5-4-6-11(14)7-10/h4-7,9,12,15H,3,8H2,1-2H3,(H,16,17)/t9-,12-/m1/s1. The minimum Gasteiger partial charge on any atom is -0.480 e. The van der Waals surface area contributed by atoms with Gasteiger partial charge in [0.1, 0.15) is 6.04 Å². The van der Waals surface area contributed by atoms with Crippen LogP contribution in [0.3, 0.4) is 0 Å². The molecule has 1 aromatic rings. The molecular weight excluding hydrogens is 282 g/mol. The molecule has 0 aliphatic heterocycles. The predicted octanol–water partition coefficient (Wildman–Crippen LogP) is 3.04. The largest absolute Gasteiger partial charge is 0.480 e. The van der Waals surface area contributed by atoms with E-state index in [1.807, 2.05) is 38.1 Å². The van der Waals surface area contributed by atoms with Gasteiger partial charge in [0.05, 0.1) is 0 Å². The lowest BCUT2D eigenvalue weighted by Crippen LogP contribution is -2.41. The van der Waals surface area contributed by atoms with Crippen molar-refractivity contribution in [3.05, 3.63) is 34.3 Å². The van der Waals surface area contributed by atoms with E-state index >= 15 is 0 Å². The van der Waals surface area contributed by atoms with Crippen LogP contribution in [0.15, 0.2) is 28.7 Å². The molecule has 0 radical (unpaired) electrons. The third kappa shape index (κ3) is 4.48. The fourth-order valence-corrected chi connectivity index (χ4v) is 2.09. The molecule has 3 nitrogen and oxygen atoms in total. The minimum atomic E-state index is -0.783. The SMILES string of the molecule is CC[C@@H](C)[C@@H](NCc1cccc(Br)c1)C(=O)O. The van der Waals surface area contributed by atoms with E-state index in [1.54, 1.807) is 0 Å². The van der Waals surface area contributed by atoms with Crippen molar-refractivity contribution in [3.63, 3.8) is 0 Å². The number of rotatable bonds is 6. The van der Waals surface area contributed by atoms with Crippen LogP contribution in [-0.2, 0) is 11.3 Å². The Morgan fingerprint density at radius 1 is 1.53 bits per heavy atom. The van der Waals surface area contributed by atoms with Gasteiger partial charge in [-0.3, -0.25) is 4.79 Å². The van der Waals surface area contributed by atoms with Gasteiger partial charge in [0, 0.05) is 11.0 Å². The third-order valence-electron chi connectivity index (χ3n) is 2.89. The van der Waals surface area contributed by atoms with Crippen LogP contribution in [0.2, 0.25) is 0 Å². The van der Waals surface area contributed by atoms with Gasteiger partial charge in [0.15, 0.2) is 0 Å². The molecule has 1 aromatic carbocycles. The molecule has 0 aliphatic carbocycles. The molecule has 0 saturated heterocycles. The molecule has 94 valence electrons. The minimum absolute atomic E-state index is 0.125. The number of hydrogen-bond acceptors (Lipinski definition) is 2. The Morgan fingerprint density at radius 3 is 2.76 bits per heavy atom. The maximum atomic E-state index is 11.1. The summed E-state index contributed by atoms with van der Waals surface area (Å²) in [5, 5.41) is 12.2. The Hall–Kier alpha value is -0.870. The molecule has 0 heterocycles. The molecule has 2 atom stereocenters. The lowest BCUT2D eigenvalue weighted by atomic mass is 9.99. The van der Waals surface area contributed by atoms with Crippen molar-refractivity contribution in [1.82, 2.24) is 5.32 Å². The number of carbonyl (C=O) groups is 1. The summed E-state index contributed by atoms with van der Waals surface area (Å²) in [6.45, 7) is 4.52. The average molecular weight is 300 g/mol. The van der Waals surface area contributed by atoms with Crippen LogP contribution in [0.4, 0.5) is 0 Å². The summed E-state index contributed by atoms with van der Waals surface area (Å²) in [6, 6.07) is 7.38. The Kier molecular flexibility index (Phi) is 5.65. The van der Waals surface area contributed by atoms with Gasteiger partial charge in [-0.15, -0.1) is 0 Å². The molecular formula is C13H18BrNO2. The average Bonchev–Trinajstić information content (AvgIpc) is 2.28. The van der Waals surface area contributed by atoms with E-state index in [-0.39, 0.29) is 5.92 Å². The quantitative estimate of drug-likeness (QED) is 0.849. The van der Waals surface area contributed by atoms with E-state index in [0.29, 0.717) is 6.54 Å². The second-order valence-electron chi connectivity index (χ2n) is 4.21. The number of carboxylic acid groups (broad SMARTS) is 1. The maximum absolute atomic E-state index is 11.1. The first-order valence-corrected chi connectivity index (χ1v) is 6.54. The van der Waals surface area contributed by atoms with Crippen molar-refractivity contribution < 1.29 is 9.90 Å². The number of aliphatic carboxylic acids is 1. The van der Waals surface area contributed by atoms with Gasteiger partial charge >= 0.3 is 5.97 Å². The molecule has 0 spiro atoms. The summed E-state index contributed by atoms with van der Waals surface area (Å²) in [4.78, 5) is 11.1. The molecule has 4 heteroatoms. The Morgan fingerprint density at radius 2 is 2.24 bits per heavy atom. The Labute approximate surface area is 110 Å². The van der Waals surface area contributed by atoms with Crippen molar-refractivity contribution >= 4 is 21.9 Å². The Bertz CT molecular complexity index is 381. The van der Waals surface area contributed by atoms with Crippen LogP contribution in [0.25, 0.3) is 0 Å². The van der Waals surface area contributed by atoms with E-state index in [9.17, 15) is 4.79 Å². The first kappa shape index (κ1) is 14.2. The number of nitrogens with one attached hydrogen (secondary N) is 1. The highest BCUT2D eigenvalue weighted by Gasteiger charge is 2.22. The predicted molar refractivity (Wildman–Crippen MR) is 71.9 cm³/mol. The fraction of sp³-hybridized carbons (Fsp3) is 0.462. The van der Waals surface area contributed by atoms with Crippen molar-refractivity contribution in [3.8, 4) is 0 Å². The van der Waals surface area contributed by atoms with Gasteiger partial charge in [0.2, 0.25) is 0 Å². The van der Waals surface area contributed by atoms with E-state index in [1.165, 1.54) is 0 Å². The van der Waals surface area contributed by atoms with E-state index in [4.69, 9.17) is 5.11 Å². The zero-order valence-corrected chi connectivity index (χ0v) is 11.7. The summed E-state index contributed by atoms with van der Waals surface area (Å²) in [6.07, 6.45) is 0.850. The molecule has 0 bridgehead atoms. The van der Waals surface area contributed by atoms with E-state index in [0.717, 1.165) is 16.5 Å². The van der Waals surface area contributed by atoms with Gasteiger partial charge in [-0.2, -0.15) is 0 Å². The maximum Gasteiger partial charge on any atom is 0.320 e. The molecule has 0 saturated carbocycles. The number of hydrogen-bond donors (Lipinski definition) is 2. The third-order valence-corrected chi connectivity index (χ3v) is 3.39. The van der Waals surface area contributed by atoms with Crippen LogP contribution in [0, 0.1) is 5.92 Å². The molecule has 17 heavy (non-hydrogen) atoms. The molecule has 0 aromatic heterocycles. The zero-order valence-electron chi connectivity index (χ0n) is 10.1. The van der Waals surface area contributed by atoms with Gasteiger partial charge < -0.3 is 10.4 Å². The molecule has 0 amide bonds. The molecule has 0 fully saturated rings. The summed E-state index contributed by atoms with van der Waals surface area (Å²) >= 11 is 3.40. The highest BCUT2D eigenvalue weighted by atomic mass is 79.9. The number of halogens is 1. The van der Waals surface area contributed by atoms with Crippen LogP contribution in [0.5, 0.6) is 0 Å². The molecule has 0 unspecified atom stereocenters. The summed E-state index contributed by atoms with van der Waals surface area (Å²) in [5.41, 5.74) is 1.08. The van der Waals surface area contributed by atoms with E-state index in [2.05, 4.69) is 21.2 Å². The highest BCUT2D eigenvalue weighted by molar-refractivity contribution is 9.10.